The zero-order valence-corrected chi connectivity index (χ0v) is 11.6. The average molecular weight is 266 g/mol. The fourth-order valence-electron chi connectivity index (χ4n) is 2.19. The third kappa shape index (κ3) is 20.1. The molecule has 0 bridgehead atoms. The van der Waals surface area contributed by atoms with E-state index in [0.29, 0.717) is 0 Å². The van der Waals surface area contributed by atoms with Crippen molar-refractivity contribution < 1.29 is 0 Å². The van der Waals surface area contributed by atoms with Gasteiger partial charge >= 0.3 is 51.4 Å². The molecule has 1 radical (unpaired) electrons. The maximum atomic E-state index is 3.87. The molecule has 1 heteroatoms. The molecule has 0 aromatic heterocycles. The second kappa shape index (κ2) is 20.0. The number of unbranched alkanes of at least 4 members (excludes halogenated alkanes) is 13. The Labute approximate surface area is 153 Å². The van der Waals surface area contributed by atoms with Crippen LogP contribution in [0.1, 0.15) is 96.8 Å². The van der Waals surface area contributed by atoms with Crippen molar-refractivity contribution in [3.05, 3.63) is 6.92 Å². The van der Waals surface area contributed by atoms with Crippen molar-refractivity contribution in [3.8, 4) is 0 Å². The monoisotopic (exact) mass is 265 g/mol. The molecule has 0 aliphatic carbocycles. The van der Waals surface area contributed by atoms with Gasteiger partial charge in [-0.2, -0.15) is 0 Å². The summed E-state index contributed by atoms with van der Waals surface area (Å²) in [5, 5.41) is 0. The molecule has 0 amide bonds. The first-order valence-corrected chi connectivity index (χ1v) is 7.71. The van der Waals surface area contributed by atoms with Crippen molar-refractivity contribution in [1.82, 2.24) is 0 Å². The van der Waals surface area contributed by atoms with Crippen LogP contribution < -0.4 is 0 Å². The van der Waals surface area contributed by atoms with Gasteiger partial charge in [-0.1, -0.05) is 104 Å². The molecule has 0 aliphatic rings. The van der Waals surface area contributed by atoms with E-state index in [9.17, 15) is 0 Å². The summed E-state index contributed by atoms with van der Waals surface area (Å²) < 4.78 is 0. The van der Waals surface area contributed by atoms with Crippen LogP contribution >= 0.6 is 0 Å². The number of rotatable bonds is 13. The molecular formula is C16H34K. The summed E-state index contributed by atoms with van der Waals surface area (Å²) >= 11 is 0. The van der Waals surface area contributed by atoms with Crippen LogP contribution in [0.2, 0.25) is 0 Å². The van der Waals surface area contributed by atoms with Gasteiger partial charge in [0, 0.05) is 0 Å². The topological polar surface area (TPSA) is 0 Å². The third-order valence-electron chi connectivity index (χ3n) is 3.35. The van der Waals surface area contributed by atoms with Crippen LogP contribution in [0.4, 0.5) is 0 Å². The molecule has 0 aromatic rings. The predicted octanol–water partition coefficient (Wildman–Crippen LogP) is 5.65. The molecule has 0 rings (SSSR count). The van der Waals surface area contributed by atoms with E-state index in [-0.39, 0.29) is 51.4 Å². The van der Waals surface area contributed by atoms with Crippen LogP contribution in [0, 0.1) is 6.92 Å². The minimum atomic E-state index is 0. The fraction of sp³-hybridized carbons (Fsp3) is 0.938. The van der Waals surface area contributed by atoms with Gasteiger partial charge < -0.3 is 0 Å². The maximum absolute atomic E-state index is 3.87. The van der Waals surface area contributed by atoms with E-state index < -0.39 is 0 Å². The van der Waals surface area contributed by atoms with Crippen LogP contribution in [-0.2, 0) is 0 Å². The predicted molar refractivity (Wildman–Crippen MR) is 82.8 cm³/mol. The first-order chi connectivity index (χ1) is 7.91. The fourth-order valence-corrected chi connectivity index (χ4v) is 2.19. The van der Waals surface area contributed by atoms with E-state index in [0.717, 1.165) is 6.42 Å². The Morgan fingerprint density at radius 2 is 0.824 bits per heavy atom. The Kier molecular flexibility index (Phi) is 24.6. The van der Waals surface area contributed by atoms with Gasteiger partial charge in [0.05, 0.1) is 0 Å². The quantitative estimate of drug-likeness (QED) is 0.298. The standard InChI is InChI=1S/C16H33.K.H/c1-3-5-7-9-11-13-15-16-14-12-10-8-6-4-2;;/h1,3-16H2,2H3;;. The van der Waals surface area contributed by atoms with Gasteiger partial charge in [0.2, 0.25) is 0 Å². The third-order valence-corrected chi connectivity index (χ3v) is 3.35. The summed E-state index contributed by atoms with van der Waals surface area (Å²) in [4.78, 5) is 0. The van der Waals surface area contributed by atoms with E-state index in [4.69, 9.17) is 0 Å². The molecule has 0 aliphatic heterocycles. The van der Waals surface area contributed by atoms with Crippen LogP contribution in [0.25, 0.3) is 0 Å². The molecule has 0 N–H and O–H groups in total. The second-order valence-corrected chi connectivity index (χ2v) is 5.10. The molecule has 0 aromatic carbocycles. The molecule has 0 spiro atoms. The van der Waals surface area contributed by atoms with E-state index >= 15 is 0 Å². The van der Waals surface area contributed by atoms with Gasteiger partial charge in [0.1, 0.15) is 0 Å². The van der Waals surface area contributed by atoms with Crippen LogP contribution in [0.15, 0.2) is 0 Å². The molecule has 0 fully saturated rings. The van der Waals surface area contributed by atoms with Gasteiger partial charge in [-0.15, -0.1) is 0 Å². The normalized spacial score (nSPS) is 10.2. The Balaban J connectivity index is 0. The molecule has 0 heterocycles. The van der Waals surface area contributed by atoms with Gasteiger partial charge in [-0.05, 0) is 0 Å². The van der Waals surface area contributed by atoms with E-state index in [1.807, 2.05) is 0 Å². The molecule has 0 nitrogen and oxygen atoms in total. The van der Waals surface area contributed by atoms with Crippen molar-refractivity contribution >= 4 is 51.4 Å². The van der Waals surface area contributed by atoms with Crippen LogP contribution in [0.5, 0.6) is 0 Å². The zero-order chi connectivity index (χ0) is 11.9. The van der Waals surface area contributed by atoms with Gasteiger partial charge in [-0.3, -0.25) is 0 Å². The molecule has 17 heavy (non-hydrogen) atoms. The average Bonchev–Trinajstić information content (AvgIpc) is 2.31. The molecule has 0 saturated carbocycles. The van der Waals surface area contributed by atoms with Crippen LogP contribution in [0.3, 0.4) is 0 Å². The van der Waals surface area contributed by atoms with E-state index in [1.54, 1.807) is 0 Å². The molecule has 0 atom stereocenters. The number of hydrogen-bond donors (Lipinski definition) is 0. The SMILES string of the molecule is [CH2]CCCCCCCCCCCCCCC.[KH]. The Morgan fingerprint density at radius 3 is 1.12 bits per heavy atom. The second-order valence-electron chi connectivity index (χ2n) is 5.10. The van der Waals surface area contributed by atoms with Crippen molar-refractivity contribution in [3.63, 3.8) is 0 Å². The Morgan fingerprint density at radius 1 is 0.529 bits per heavy atom. The first-order valence-electron chi connectivity index (χ1n) is 7.71. The summed E-state index contributed by atoms with van der Waals surface area (Å²) in [6.07, 6.45) is 19.8. The van der Waals surface area contributed by atoms with Crippen molar-refractivity contribution in [1.29, 1.82) is 0 Å². The van der Waals surface area contributed by atoms with E-state index in [2.05, 4.69) is 13.8 Å². The van der Waals surface area contributed by atoms with Gasteiger partial charge in [-0.25, -0.2) is 0 Å². The molecule has 0 saturated heterocycles. The summed E-state index contributed by atoms with van der Waals surface area (Å²) in [6, 6.07) is 0. The Hall–Kier alpha value is 1.64. The van der Waals surface area contributed by atoms with Crippen molar-refractivity contribution in [2.24, 2.45) is 0 Å². The van der Waals surface area contributed by atoms with E-state index in [1.165, 1.54) is 83.5 Å². The summed E-state index contributed by atoms with van der Waals surface area (Å²) in [6.45, 7) is 6.16. The first kappa shape index (κ1) is 20.9. The van der Waals surface area contributed by atoms with Crippen molar-refractivity contribution in [2.45, 2.75) is 96.8 Å². The summed E-state index contributed by atoms with van der Waals surface area (Å²) in [5.41, 5.74) is 0. The Bertz CT molecular complexity index is 98.1. The minimum absolute atomic E-state index is 0. The van der Waals surface area contributed by atoms with Crippen molar-refractivity contribution in [2.75, 3.05) is 0 Å². The summed E-state index contributed by atoms with van der Waals surface area (Å²) in [7, 11) is 0. The molecule has 99 valence electrons. The van der Waals surface area contributed by atoms with Crippen LogP contribution in [-0.4, -0.2) is 51.4 Å². The van der Waals surface area contributed by atoms with Gasteiger partial charge in [0.25, 0.3) is 0 Å². The molecule has 0 unspecified atom stereocenters. The summed E-state index contributed by atoms with van der Waals surface area (Å²) in [5.74, 6) is 0. The van der Waals surface area contributed by atoms with Gasteiger partial charge in [0.15, 0.2) is 0 Å². The number of hydrogen-bond acceptors (Lipinski definition) is 0. The zero-order valence-electron chi connectivity index (χ0n) is 11.6. The molecular weight excluding hydrogens is 231 g/mol.